The van der Waals surface area contributed by atoms with Crippen LogP contribution in [-0.2, 0) is 0 Å². The topological polar surface area (TPSA) is 70.2 Å². The van der Waals surface area contributed by atoms with Crippen molar-refractivity contribution in [3.05, 3.63) is 17.8 Å². The number of aromatic nitrogens is 2. The molecule has 0 bridgehead atoms. The molecule has 1 aliphatic rings. The molecule has 1 aromatic rings. The van der Waals surface area contributed by atoms with Crippen molar-refractivity contribution in [2.45, 2.75) is 39.2 Å². The molecule has 1 fully saturated rings. The maximum absolute atomic E-state index is 12.1. The molecule has 21 heavy (non-hydrogen) atoms. The summed E-state index contributed by atoms with van der Waals surface area (Å²) in [6.45, 7) is 8.25. The Labute approximate surface area is 126 Å². The number of rotatable bonds is 6. The van der Waals surface area contributed by atoms with Crippen LogP contribution in [0.1, 0.15) is 43.6 Å². The minimum Gasteiger partial charge on any atom is -0.369 e. The van der Waals surface area contributed by atoms with E-state index in [2.05, 4.69) is 32.7 Å². The van der Waals surface area contributed by atoms with Crippen LogP contribution in [0.5, 0.6) is 0 Å². The van der Waals surface area contributed by atoms with Crippen LogP contribution in [0, 0.1) is 0 Å². The molecule has 0 atom stereocenters. The molecule has 0 unspecified atom stereocenters. The summed E-state index contributed by atoms with van der Waals surface area (Å²) in [6, 6.07) is 3.75. The summed E-state index contributed by atoms with van der Waals surface area (Å²) < 4.78 is 0. The molecule has 0 spiro atoms. The Morgan fingerprint density at radius 3 is 2.62 bits per heavy atom. The summed E-state index contributed by atoms with van der Waals surface area (Å²) in [5.41, 5.74) is 0.382. The van der Waals surface area contributed by atoms with Crippen molar-refractivity contribution in [3.8, 4) is 0 Å². The van der Waals surface area contributed by atoms with Crippen LogP contribution < -0.4 is 10.6 Å². The molecule has 6 heteroatoms. The average Bonchev–Trinajstić information content (AvgIpc) is 2.50. The summed E-state index contributed by atoms with van der Waals surface area (Å²) in [5.74, 6) is 0.571. The van der Waals surface area contributed by atoms with E-state index in [0.29, 0.717) is 11.5 Å². The zero-order chi connectivity index (χ0) is 15.1. The van der Waals surface area contributed by atoms with E-state index in [0.717, 1.165) is 39.0 Å². The van der Waals surface area contributed by atoms with Gasteiger partial charge in [-0.25, -0.2) is 0 Å². The number of nitrogens with one attached hydrogen (secondary N) is 2. The Hall–Kier alpha value is -1.69. The van der Waals surface area contributed by atoms with E-state index < -0.39 is 0 Å². The molecule has 0 saturated carbocycles. The van der Waals surface area contributed by atoms with Crippen molar-refractivity contribution in [3.63, 3.8) is 0 Å². The highest BCUT2D eigenvalue weighted by atomic mass is 16.2. The standard InChI is InChI=1S/C15H25N5O/c1-3-9-20-10-7-12(8-11-20)17-15(21)13-5-6-14(16-4-2)19-18-13/h5-6,12H,3-4,7-11H2,1-2H3,(H,16,19)(H,17,21). The van der Waals surface area contributed by atoms with Crippen LogP contribution in [0.15, 0.2) is 12.1 Å². The third kappa shape index (κ3) is 4.67. The Bertz CT molecular complexity index is 440. The molecular formula is C15H25N5O. The van der Waals surface area contributed by atoms with Crippen molar-refractivity contribution in [2.75, 3.05) is 31.5 Å². The van der Waals surface area contributed by atoms with Gasteiger partial charge in [0.1, 0.15) is 5.82 Å². The van der Waals surface area contributed by atoms with Crippen LogP contribution >= 0.6 is 0 Å². The smallest absolute Gasteiger partial charge is 0.272 e. The maximum Gasteiger partial charge on any atom is 0.272 e. The van der Waals surface area contributed by atoms with Gasteiger partial charge in [-0.15, -0.1) is 10.2 Å². The van der Waals surface area contributed by atoms with Crippen molar-refractivity contribution in [1.29, 1.82) is 0 Å². The number of carbonyl (C=O) groups excluding carboxylic acids is 1. The van der Waals surface area contributed by atoms with Gasteiger partial charge < -0.3 is 15.5 Å². The monoisotopic (exact) mass is 291 g/mol. The molecule has 2 rings (SSSR count). The Morgan fingerprint density at radius 2 is 2.05 bits per heavy atom. The fourth-order valence-electron chi connectivity index (χ4n) is 2.61. The molecule has 2 N–H and O–H groups in total. The molecule has 0 radical (unpaired) electrons. The van der Waals surface area contributed by atoms with E-state index in [1.54, 1.807) is 12.1 Å². The summed E-state index contributed by atoms with van der Waals surface area (Å²) in [6.07, 6.45) is 3.20. The van der Waals surface area contributed by atoms with E-state index in [-0.39, 0.29) is 11.9 Å². The van der Waals surface area contributed by atoms with Crippen LogP contribution in [0.3, 0.4) is 0 Å². The Balaban J connectivity index is 1.81. The third-order valence-electron chi connectivity index (χ3n) is 3.72. The molecule has 6 nitrogen and oxygen atoms in total. The van der Waals surface area contributed by atoms with Gasteiger partial charge in [0.25, 0.3) is 5.91 Å². The summed E-state index contributed by atoms with van der Waals surface area (Å²) in [4.78, 5) is 14.6. The largest absolute Gasteiger partial charge is 0.369 e. The molecule has 0 aromatic carbocycles. The summed E-state index contributed by atoms with van der Waals surface area (Å²) >= 11 is 0. The SMILES string of the molecule is CCCN1CCC(NC(=O)c2ccc(NCC)nn2)CC1. The Kier molecular flexibility index (Phi) is 5.92. The zero-order valence-electron chi connectivity index (χ0n) is 12.9. The summed E-state index contributed by atoms with van der Waals surface area (Å²) in [7, 11) is 0. The molecule has 1 aliphatic heterocycles. The molecule has 116 valence electrons. The van der Waals surface area contributed by atoms with Crippen LogP contribution in [0.2, 0.25) is 0 Å². The molecular weight excluding hydrogens is 266 g/mol. The Morgan fingerprint density at radius 1 is 1.29 bits per heavy atom. The van der Waals surface area contributed by atoms with Gasteiger partial charge in [-0.3, -0.25) is 4.79 Å². The number of amides is 1. The van der Waals surface area contributed by atoms with Crippen molar-refractivity contribution in [2.24, 2.45) is 0 Å². The number of hydrogen-bond donors (Lipinski definition) is 2. The predicted molar refractivity (Wildman–Crippen MR) is 83.4 cm³/mol. The van der Waals surface area contributed by atoms with Crippen molar-refractivity contribution >= 4 is 11.7 Å². The normalized spacial score (nSPS) is 16.7. The van der Waals surface area contributed by atoms with Gasteiger partial charge in [0.15, 0.2) is 5.69 Å². The average molecular weight is 291 g/mol. The highest BCUT2D eigenvalue weighted by molar-refractivity contribution is 5.92. The van der Waals surface area contributed by atoms with Crippen LogP contribution in [0.25, 0.3) is 0 Å². The van der Waals surface area contributed by atoms with Crippen molar-refractivity contribution in [1.82, 2.24) is 20.4 Å². The third-order valence-corrected chi connectivity index (χ3v) is 3.72. The minimum absolute atomic E-state index is 0.125. The first-order valence-corrected chi connectivity index (χ1v) is 7.83. The quantitative estimate of drug-likeness (QED) is 0.831. The van der Waals surface area contributed by atoms with Crippen molar-refractivity contribution < 1.29 is 4.79 Å². The molecule has 0 aliphatic carbocycles. The fourth-order valence-corrected chi connectivity index (χ4v) is 2.61. The predicted octanol–water partition coefficient (Wildman–Crippen LogP) is 1.51. The van der Waals surface area contributed by atoms with E-state index >= 15 is 0 Å². The summed E-state index contributed by atoms with van der Waals surface area (Å²) in [5, 5.41) is 14.1. The van der Waals surface area contributed by atoms with E-state index in [1.165, 1.54) is 6.42 Å². The van der Waals surface area contributed by atoms with Gasteiger partial charge in [0.2, 0.25) is 0 Å². The number of hydrogen-bond acceptors (Lipinski definition) is 5. The molecule has 1 aromatic heterocycles. The second kappa shape index (κ2) is 7.93. The van der Waals surface area contributed by atoms with Gasteiger partial charge in [-0.05, 0) is 44.9 Å². The minimum atomic E-state index is -0.125. The van der Waals surface area contributed by atoms with E-state index in [1.807, 2.05) is 6.92 Å². The lowest BCUT2D eigenvalue weighted by Crippen LogP contribution is -2.45. The molecule has 2 heterocycles. The molecule has 1 amide bonds. The number of likely N-dealkylation sites (tertiary alicyclic amines) is 1. The highest BCUT2D eigenvalue weighted by Gasteiger charge is 2.21. The van der Waals surface area contributed by atoms with Gasteiger partial charge in [-0.2, -0.15) is 0 Å². The van der Waals surface area contributed by atoms with Gasteiger partial charge in [0, 0.05) is 25.7 Å². The lowest BCUT2D eigenvalue weighted by Gasteiger charge is -2.31. The fraction of sp³-hybridized carbons (Fsp3) is 0.667. The first kappa shape index (κ1) is 15.7. The zero-order valence-corrected chi connectivity index (χ0v) is 12.9. The number of piperidine rings is 1. The first-order valence-electron chi connectivity index (χ1n) is 7.83. The van der Waals surface area contributed by atoms with Gasteiger partial charge in [-0.1, -0.05) is 6.92 Å². The first-order chi connectivity index (χ1) is 10.2. The van der Waals surface area contributed by atoms with E-state index in [4.69, 9.17) is 0 Å². The number of anilines is 1. The maximum atomic E-state index is 12.1. The number of nitrogens with zero attached hydrogens (tertiary/aromatic N) is 3. The number of carbonyl (C=O) groups is 1. The second-order valence-electron chi connectivity index (χ2n) is 5.42. The second-order valence-corrected chi connectivity index (χ2v) is 5.42. The van der Waals surface area contributed by atoms with E-state index in [9.17, 15) is 4.79 Å². The van der Waals surface area contributed by atoms with Crippen LogP contribution in [-0.4, -0.2) is 53.2 Å². The lowest BCUT2D eigenvalue weighted by molar-refractivity contribution is 0.0905. The lowest BCUT2D eigenvalue weighted by atomic mass is 10.0. The highest BCUT2D eigenvalue weighted by Crippen LogP contribution is 2.11. The van der Waals surface area contributed by atoms with Gasteiger partial charge in [0.05, 0.1) is 0 Å². The molecule has 1 saturated heterocycles. The van der Waals surface area contributed by atoms with Gasteiger partial charge >= 0.3 is 0 Å². The van der Waals surface area contributed by atoms with Crippen LogP contribution in [0.4, 0.5) is 5.82 Å².